The van der Waals surface area contributed by atoms with Crippen LogP contribution in [0, 0.1) is 6.92 Å². The Labute approximate surface area is 201 Å². The van der Waals surface area contributed by atoms with Crippen LogP contribution in [0.4, 0.5) is 5.69 Å². The maximum atomic E-state index is 13.2. The number of hydrogen-bond donors (Lipinski definition) is 0. The van der Waals surface area contributed by atoms with E-state index in [9.17, 15) is 4.79 Å². The second-order valence-corrected chi connectivity index (χ2v) is 9.08. The van der Waals surface area contributed by atoms with Crippen molar-refractivity contribution in [1.29, 1.82) is 0 Å². The standard InChI is InChI=1S/C27H30ClN3O2/c1-20-6-7-22(17-29-20)19-33-26-15-23(14-24(28)16-26)27(32)30(2)25-10-8-21(9-11-25)18-31-12-4-3-5-13-31/h6-11,14-17H,3-5,12-13,18-19H2,1-2H3. The van der Waals surface area contributed by atoms with Gasteiger partial charge in [-0.1, -0.05) is 36.2 Å². The van der Waals surface area contributed by atoms with Gasteiger partial charge >= 0.3 is 0 Å². The van der Waals surface area contributed by atoms with E-state index in [4.69, 9.17) is 16.3 Å². The zero-order valence-corrected chi connectivity index (χ0v) is 20.0. The number of piperidine rings is 1. The summed E-state index contributed by atoms with van der Waals surface area (Å²) in [4.78, 5) is 21.6. The Kier molecular flexibility index (Phi) is 7.63. The number of benzene rings is 2. The Morgan fingerprint density at radius 3 is 2.45 bits per heavy atom. The number of carbonyl (C=O) groups is 1. The van der Waals surface area contributed by atoms with Crippen molar-refractivity contribution in [3.63, 3.8) is 0 Å². The van der Waals surface area contributed by atoms with Crippen LogP contribution in [-0.2, 0) is 13.2 Å². The zero-order valence-electron chi connectivity index (χ0n) is 19.3. The minimum atomic E-state index is -0.136. The van der Waals surface area contributed by atoms with Gasteiger partial charge in [-0.25, -0.2) is 0 Å². The van der Waals surface area contributed by atoms with Gasteiger partial charge in [-0.2, -0.15) is 0 Å². The molecule has 2 aromatic carbocycles. The van der Waals surface area contributed by atoms with Crippen molar-refractivity contribution in [3.05, 3.63) is 88.2 Å². The van der Waals surface area contributed by atoms with E-state index in [1.54, 1.807) is 36.3 Å². The average Bonchev–Trinajstić information content (AvgIpc) is 2.83. The number of amides is 1. The number of likely N-dealkylation sites (tertiary alicyclic amines) is 1. The lowest BCUT2D eigenvalue weighted by molar-refractivity contribution is 0.0992. The van der Waals surface area contributed by atoms with Gasteiger partial charge in [-0.3, -0.25) is 14.7 Å². The molecule has 0 unspecified atom stereocenters. The highest BCUT2D eigenvalue weighted by Gasteiger charge is 2.16. The molecule has 3 aromatic rings. The molecule has 172 valence electrons. The molecule has 1 aliphatic rings. The first-order valence-electron chi connectivity index (χ1n) is 11.4. The van der Waals surface area contributed by atoms with E-state index >= 15 is 0 Å². The molecule has 1 aromatic heterocycles. The number of ether oxygens (including phenoxy) is 1. The number of aryl methyl sites for hydroxylation is 1. The molecule has 0 atom stereocenters. The topological polar surface area (TPSA) is 45.7 Å². The fourth-order valence-electron chi connectivity index (χ4n) is 4.03. The molecule has 1 aliphatic heterocycles. The van der Waals surface area contributed by atoms with Crippen LogP contribution in [0.1, 0.15) is 46.4 Å². The fraction of sp³-hybridized carbons (Fsp3) is 0.333. The maximum Gasteiger partial charge on any atom is 0.258 e. The molecule has 1 fully saturated rings. The first kappa shape index (κ1) is 23.3. The van der Waals surface area contributed by atoms with Crippen LogP contribution in [-0.4, -0.2) is 35.9 Å². The van der Waals surface area contributed by atoms with Gasteiger partial charge in [0.05, 0.1) is 0 Å². The minimum absolute atomic E-state index is 0.136. The number of carbonyl (C=O) groups excluding carboxylic acids is 1. The highest BCUT2D eigenvalue weighted by Crippen LogP contribution is 2.25. The largest absolute Gasteiger partial charge is 0.489 e. The fourth-order valence-corrected chi connectivity index (χ4v) is 4.26. The third kappa shape index (κ3) is 6.34. The monoisotopic (exact) mass is 463 g/mol. The number of rotatable bonds is 7. The van der Waals surface area contributed by atoms with Crippen LogP contribution < -0.4 is 9.64 Å². The summed E-state index contributed by atoms with van der Waals surface area (Å²) in [5.41, 5.74) is 4.51. The second kappa shape index (κ2) is 10.8. The summed E-state index contributed by atoms with van der Waals surface area (Å²) in [6, 6.07) is 17.3. The third-order valence-corrected chi connectivity index (χ3v) is 6.20. The summed E-state index contributed by atoms with van der Waals surface area (Å²) in [6.45, 7) is 5.59. The quantitative estimate of drug-likeness (QED) is 0.438. The molecule has 33 heavy (non-hydrogen) atoms. The SMILES string of the molecule is Cc1ccc(COc2cc(Cl)cc(C(=O)N(C)c3ccc(CN4CCCCC4)cc3)c2)cn1. The Bertz CT molecular complexity index is 1080. The molecule has 1 amide bonds. The summed E-state index contributed by atoms with van der Waals surface area (Å²) in [7, 11) is 1.78. The highest BCUT2D eigenvalue weighted by molar-refractivity contribution is 6.31. The van der Waals surface area contributed by atoms with E-state index in [1.807, 2.05) is 31.2 Å². The van der Waals surface area contributed by atoms with Gasteiger partial charge < -0.3 is 9.64 Å². The Hall–Kier alpha value is -2.89. The van der Waals surface area contributed by atoms with E-state index in [0.29, 0.717) is 22.9 Å². The lowest BCUT2D eigenvalue weighted by Crippen LogP contribution is -2.29. The number of nitrogens with zero attached hydrogens (tertiary/aromatic N) is 3. The lowest BCUT2D eigenvalue weighted by atomic mass is 10.1. The summed E-state index contributed by atoms with van der Waals surface area (Å²) >= 11 is 6.29. The van der Waals surface area contributed by atoms with E-state index in [-0.39, 0.29) is 5.91 Å². The van der Waals surface area contributed by atoms with E-state index in [2.05, 4.69) is 22.0 Å². The highest BCUT2D eigenvalue weighted by atomic mass is 35.5. The van der Waals surface area contributed by atoms with Crippen LogP contribution >= 0.6 is 11.6 Å². The second-order valence-electron chi connectivity index (χ2n) is 8.64. The average molecular weight is 464 g/mol. The number of anilines is 1. The number of hydrogen-bond acceptors (Lipinski definition) is 4. The van der Waals surface area contributed by atoms with Gasteiger partial charge in [-0.15, -0.1) is 0 Å². The molecule has 1 saturated heterocycles. The molecule has 5 nitrogen and oxygen atoms in total. The number of halogens is 1. The molecule has 0 N–H and O–H groups in total. The van der Waals surface area contributed by atoms with Gasteiger partial charge in [0.2, 0.25) is 0 Å². The maximum absolute atomic E-state index is 13.2. The summed E-state index contributed by atoms with van der Waals surface area (Å²) in [6.07, 6.45) is 5.68. The Morgan fingerprint density at radius 1 is 1.03 bits per heavy atom. The number of pyridine rings is 1. The van der Waals surface area contributed by atoms with Crippen molar-refractivity contribution < 1.29 is 9.53 Å². The number of aromatic nitrogens is 1. The van der Waals surface area contributed by atoms with Crippen LogP contribution in [0.2, 0.25) is 5.02 Å². The molecule has 0 saturated carbocycles. The molecule has 2 heterocycles. The summed E-state index contributed by atoms with van der Waals surface area (Å²) in [5.74, 6) is 0.417. The van der Waals surface area contributed by atoms with Crippen molar-refractivity contribution in [2.45, 2.75) is 39.3 Å². The minimum Gasteiger partial charge on any atom is -0.489 e. The molecule has 6 heteroatoms. The molecule has 0 radical (unpaired) electrons. The predicted octanol–water partition coefficient (Wildman–Crippen LogP) is 5.88. The van der Waals surface area contributed by atoms with Crippen molar-refractivity contribution in [2.24, 2.45) is 0 Å². The van der Waals surface area contributed by atoms with Crippen molar-refractivity contribution in [1.82, 2.24) is 9.88 Å². The molecule has 0 spiro atoms. The van der Waals surface area contributed by atoms with Crippen LogP contribution in [0.25, 0.3) is 0 Å². The smallest absolute Gasteiger partial charge is 0.258 e. The summed E-state index contributed by atoms with van der Waals surface area (Å²) < 4.78 is 5.88. The predicted molar refractivity (Wildman–Crippen MR) is 133 cm³/mol. The van der Waals surface area contributed by atoms with E-state index in [1.165, 1.54) is 37.9 Å². The van der Waals surface area contributed by atoms with Crippen molar-refractivity contribution in [2.75, 3.05) is 25.0 Å². The van der Waals surface area contributed by atoms with E-state index in [0.717, 1.165) is 23.5 Å². The van der Waals surface area contributed by atoms with Crippen LogP contribution in [0.3, 0.4) is 0 Å². The molecule has 4 rings (SSSR count). The van der Waals surface area contributed by atoms with Gasteiger partial charge in [0.25, 0.3) is 5.91 Å². The van der Waals surface area contributed by atoms with Crippen molar-refractivity contribution >= 4 is 23.2 Å². The molecule has 0 bridgehead atoms. The molecular weight excluding hydrogens is 434 g/mol. The van der Waals surface area contributed by atoms with E-state index < -0.39 is 0 Å². The molecular formula is C27H30ClN3O2. The third-order valence-electron chi connectivity index (χ3n) is 5.98. The first-order chi connectivity index (χ1) is 16.0. The van der Waals surface area contributed by atoms with Crippen LogP contribution in [0.15, 0.2) is 60.8 Å². The summed E-state index contributed by atoms with van der Waals surface area (Å²) in [5, 5.41) is 0.461. The van der Waals surface area contributed by atoms with Gasteiger partial charge in [-0.05, 0) is 74.8 Å². The van der Waals surface area contributed by atoms with Crippen molar-refractivity contribution in [3.8, 4) is 5.75 Å². The Morgan fingerprint density at radius 2 is 1.76 bits per heavy atom. The van der Waals surface area contributed by atoms with Gasteiger partial charge in [0, 0.05) is 47.3 Å². The van der Waals surface area contributed by atoms with Crippen LogP contribution in [0.5, 0.6) is 5.75 Å². The Balaban J connectivity index is 1.41. The normalized spacial score (nSPS) is 14.2. The van der Waals surface area contributed by atoms with Gasteiger partial charge in [0.15, 0.2) is 0 Å². The van der Waals surface area contributed by atoms with Gasteiger partial charge in [0.1, 0.15) is 12.4 Å². The zero-order chi connectivity index (χ0) is 23.2. The lowest BCUT2D eigenvalue weighted by Gasteiger charge is -2.26. The molecule has 0 aliphatic carbocycles. The first-order valence-corrected chi connectivity index (χ1v) is 11.8.